The van der Waals surface area contributed by atoms with E-state index in [-0.39, 0.29) is 12.5 Å². The van der Waals surface area contributed by atoms with Gasteiger partial charge in [-0.15, -0.1) is 0 Å². The van der Waals surface area contributed by atoms with Gasteiger partial charge in [-0.3, -0.25) is 4.79 Å². The van der Waals surface area contributed by atoms with Crippen molar-refractivity contribution in [1.82, 2.24) is 10.1 Å². The van der Waals surface area contributed by atoms with E-state index in [1.807, 2.05) is 37.3 Å². The summed E-state index contributed by atoms with van der Waals surface area (Å²) >= 11 is 0. The molecular formula is C26H23N3O5. The van der Waals surface area contributed by atoms with Gasteiger partial charge in [0.05, 0.1) is 17.7 Å². The molecule has 0 unspecified atom stereocenters. The predicted octanol–water partition coefficient (Wildman–Crippen LogP) is 4.91. The van der Waals surface area contributed by atoms with Gasteiger partial charge < -0.3 is 19.3 Å². The van der Waals surface area contributed by atoms with Gasteiger partial charge in [-0.25, -0.2) is 4.79 Å². The first-order valence-electron chi connectivity index (χ1n) is 10.7. The Morgan fingerprint density at radius 3 is 2.44 bits per heavy atom. The van der Waals surface area contributed by atoms with E-state index in [4.69, 9.17) is 14.0 Å². The van der Waals surface area contributed by atoms with Gasteiger partial charge in [-0.1, -0.05) is 47.1 Å². The summed E-state index contributed by atoms with van der Waals surface area (Å²) in [5, 5.41) is 6.79. The lowest BCUT2D eigenvalue weighted by Crippen LogP contribution is -2.20. The molecule has 4 aromatic rings. The number of benzene rings is 3. The number of anilines is 1. The Kier molecular flexibility index (Phi) is 6.98. The summed E-state index contributed by atoms with van der Waals surface area (Å²) in [7, 11) is 0. The number of aryl methyl sites for hydroxylation is 1. The predicted molar refractivity (Wildman–Crippen MR) is 126 cm³/mol. The fourth-order valence-electron chi connectivity index (χ4n) is 3.17. The van der Waals surface area contributed by atoms with Crippen LogP contribution in [0.25, 0.3) is 22.8 Å². The number of rotatable bonds is 8. The molecule has 34 heavy (non-hydrogen) atoms. The third-order valence-corrected chi connectivity index (χ3v) is 4.89. The number of carbonyl (C=O) groups is 2. The highest BCUT2D eigenvalue weighted by Crippen LogP contribution is 2.30. The SMILES string of the molecule is CCOC(=O)c1ccc(NC(=O)COc2ccccc2-c2nc(-c3ccc(C)cc3)no2)cc1. The third kappa shape index (κ3) is 5.47. The van der Waals surface area contributed by atoms with E-state index in [2.05, 4.69) is 15.5 Å². The number of aromatic nitrogens is 2. The molecule has 1 N–H and O–H groups in total. The first-order valence-corrected chi connectivity index (χ1v) is 10.7. The molecule has 0 aliphatic heterocycles. The summed E-state index contributed by atoms with van der Waals surface area (Å²) in [5.41, 5.74) is 3.51. The molecule has 1 heterocycles. The van der Waals surface area contributed by atoms with Crippen LogP contribution in [0.4, 0.5) is 5.69 Å². The van der Waals surface area contributed by atoms with Crippen LogP contribution in [0.3, 0.4) is 0 Å². The highest BCUT2D eigenvalue weighted by atomic mass is 16.5. The number of amides is 1. The lowest BCUT2D eigenvalue weighted by Gasteiger charge is -2.10. The average molecular weight is 457 g/mol. The van der Waals surface area contributed by atoms with E-state index < -0.39 is 5.97 Å². The van der Waals surface area contributed by atoms with Gasteiger partial charge >= 0.3 is 5.97 Å². The van der Waals surface area contributed by atoms with Crippen LogP contribution in [0, 0.1) is 6.92 Å². The maximum Gasteiger partial charge on any atom is 0.338 e. The highest BCUT2D eigenvalue weighted by Gasteiger charge is 2.16. The Bertz CT molecular complexity index is 1280. The standard InChI is InChI=1S/C26H23N3O5/c1-3-32-26(31)19-12-14-20(15-13-19)27-23(30)16-33-22-7-5-4-6-21(22)25-28-24(29-34-25)18-10-8-17(2)9-11-18/h4-15H,3,16H2,1-2H3,(H,27,30). The lowest BCUT2D eigenvalue weighted by molar-refractivity contribution is -0.118. The van der Waals surface area contributed by atoms with Gasteiger partial charge in [0, 0.05) is 11.3 Å². The fourth-order valence-corrected chi connectivity index (χ4v) is 3.17. The van der Waals surface area contributed by atoms with Crippen LogP contribution in [0.1, 0.15) is 22.8 Å². The maximum atomic E-state index is 12.4. The molecule has 3 aromatic carbocycles. The number of nitrogens with one attached hydrogen (secondary N) is 1. The van der Waals surface area contributed by atoms with Crippen molar-refractivity contribution in [3.63, 3.8) is 0 Å². The minimum atomic E-state index is -0.410. The molecule has 8 heteroatoms. The van der Waals surface area contributed by atoms with E-state index in [0.717, 1.165) is 11.1 Å². The zero-order valence-electron chi connectivity index (χ0n) is 18.8. The van der Waals surface area contributed by atoms with Crippen molar-refractivity contribution < 1.29 is 23.6 Å². The van der Waals surface area contributed by atoms with Crippen LogP contribution in [-0.2, 0) is 9.53 Å². The van der Waals surface area contributed by atoms with Crippen LogP contribution in [0.15, 0.2) is 77.3 Å². The van der Waals surface area contributed by atoms with Crippen LogP contribution in [0.2, 0.25) is 0 Å². The minimum Gasteiger partial charge on any atom is -0.483 e. The fraction of sp³-hybridized carbons (Fsp3) is 0.154. The van der Waals surface area contributed by atoms with Crippen LogP contribution in [-0.4, -0.2) is 35.2 Å². The summed E-state index contributed by atoms with van der Waals surface area (Å²) < 4.78 is 16.1. The number of hydrogen-bond donors (Lipinski definition) is 1. The van der Waals surface area contributed by atoms with Crippen molar-refractivity contribution >= 4 is 17.6 Å². The Hall–Kier alpha value is -4.46. The molecule has 0 spiro atoms. The zero-order valence-corrected chi connectivity index (χ0v) is 18.8. The molecule has 0 atom stereocenters. The molecule has 0 aliphatic carbocycles. The van der Waals surface area contributed by atoms with Crippen molar-refractivity contribution in [2.45, 2.75) is 13.8 Å². The normalized spacial score (nSPS) is 10.5. The molecule has 0 radical (unpaired) electrons. The van der Waals surface area contributed by atoms with Gasteiger partial charge in [0.25, 0.3) is 11.8 Å². The first kappa shape index (κ1) is 22.7. The van der Waals surface area contributed by atoms with E-state index in [0.29, 0.717) is 40.9 Å². The second kappa shape index (κ2) is 10.4. The van der Waals surface area contributed by atoms with Crippen molar-refractivity contribution in [3.05, 3.63) is 83.9 Å². The topological polar surface area (TPSA) is 104 Å². The van der Waals surface area contributed by atoms with Gasteiger partial charge in [-0.2, -0.15) is 4.98 Å². The van der Waals surface area contributed by atoms with Gasteiger partial charge in [-0.05, 0) is 50.2 Å². The monoisotopic (exact) mass is 457 g/mol. The number of nitrogens with zero attached hydrogens (tertiary/aromatic N) is 2. The van der Waals surface area contributed by atoms with Crippen LogP contribution in [0.5, 0.6) is 5.75 Å². The Morgan fingerprint density at radius 2 is 1.71 bits per heavy atom. The largest absolute Gasteiger partial charge is 0.483 e. The number of hydrogen-bond acceptors (Lipinski definition) is 7. The molecule has 1 amide bonds. The summed E-state index contributed by atoms with van der Waals surface area (Å²) in [6.07, 6.45) is 0. The maximum absolute atomic E-state index is 12.4. The first-order chi connectivity index (χ1) is 16.5. The van der Waals surface area contributed by atoms with Gasteiger partial charge in [0.2, 0.25) is 5.82 Å². The molecule has 0 saturated heterocycles. The average Bonchev–Trinajstić information content (AvgIpc) is 3.34. The van der Waals surface area contributed by atoms with Crippen LogP contribution >= 0.6 is 0 Å². The van der Waals surface area contributed by atoms with Crippen molar-refractivity contribution in [2.75, 3.05) is 18.5 Å². The molecule has 172 valence electrons. The van der Waals surface area contributed by atoms with E-state index in [1.165, 1.54) is 0 Å². The smallest absolute Gasteiger partial charge is 0.338 e. The number of para-hydroxylation sites is 1. The van der Waals surface area contributed by atoms with Crippen molar-refractivity contribution in [2.24, 2.45) is 0 Å². The summed E-state index contributed by atoms with van der Waals surface area (Å²) in [4.78, 5) is 28.6. The Labute approximate surface area is 196 Å². The van der Waals surface area contributed by atoms with Crippen molar-refractivity contribution in [3.8, 4) is 28.6 Å². The zero-order chi connectivity index (χ0) is 23.9. The Morgan fingerprint density at radius 1 is 0.971 bits per heavy atom. The van der Waals surface area contributed by atoms with Crippen molar-refractivity contribution in [1.29, 1.82) is 0 Å². The quantitative estimate of drug-likeness (QED) is 0.375. The van der Waals surface area contributed by atoms with Crippen LogP contribution < -0.4 is 10.1 Å². The molecule has 0 aliphatic rings. The molecular weight excluding hydrogens is 434 g/mol. The molecule has 4 rings (SSSR count). The second-order valence-corrected chi connectivity index (χ2v) is 7.42. The minimum absolute atomic E-state index is 0.227. The van der Waals surface area contributed by atoms with Gasteiger partial charge in [0.1, 0.15) is 5.75 Å². The number of carbonyl (C=O) groups excluding carboxylic acids is 2. The molecule has 1 aromatic heterocycles. The molecule has 8 nitrogen and oxygen atoms in total. The van der Waals surface area contributed by atoms with E-state index in [1.54, 1.807) is 49.4 Å². The summed E-state index contributed by atoms with van der Waals surface area (Å²) in [6, 6.07) is 21.4. The summed E-state index contributed by atoms with van der Waals surface area (Å²) in [6.45, 7) is 3.82. The third-order valence-electron chi connectivity index (χ3n) is 4.89. The van der Waals surface area contributed by atoms with Gasteiger partial charge in [0.15, 0.2) is 6.61 Å². The highest BCUT2D eigenvalue weighted by molar-refractivity contribution is 5.93. The molecule has 0 bridgehead atoms. The summed E-state index contributed by atoms with van der Waals surface area (Å²) in [5.74, 6) is 0.431. The second-order valence-electron chi connectivity index (χ2n) is 7.42. The van der Waals surface area contributed by atoms with E-state index >= 15 is 0 Å². The Balaban J connectivity index is 1.40. The molecule has 0 fully saturated rings. The lowest BCUT2D eigenvalue weighted by atomic mass is 10.1. The number of ether oxygens (including phenoxy) is 2. The van der Waals surface area contributed by atoms with E-state index in [9.17, 15) is 9.59 Å². The molecule has 0 saturated carbocycles. The number of esters is 1.